The summed E-state index contributed by atoms with van der Waals surface area (Å²) in [7, 11) is 0. The molecule has 2 rings (SSSR count). The molecule has 0 saturated carbocycles. The second-order valence-corrected chi connectivity index (χ2v) is 5.50. The third-order valence-electron chi connectivity index (χ3n) is 2.84. The van der Waals surface area contributed by atoms with E-state index in [1.807, 2.05) is 0 Å². The SMILES string of the molecule is O=C(NCc1cccnc1OCC(F)(F)F)c1ccc(Cl)c(Cl)c1. The fourth-order valence-corrected chi connectivity index (χ4v) is 2.05. The molecule has 1 amide bonds. The van der Waals surface area contributed by atoms with Gasteiger partial charge in [0.15, 0.2) is 6.61 Å². The fourth-order valence-electron chi connectivity index (χ4n) is 1.75. The number of alkyl halides is 3. The van der Waals surface area contributed by atoms with Gasteiger partial charge in [0, 0.05) is 23.9 Å². The van der Waals surface area contributed by atoms with Gasteiger partial charge in [-0.2, -0.15) is 13.2 Å². The summed E-state index contributed by atoms with van der Waals surface area (Å²) < 4.78 is 41.3. The number of hydrogen-bond donors (Lipinski definition) is 1. The van der Waals surface area contributed by atoms with Crippen LogP contribution in [0.3, 0.4) is 0 Å². The van der Waals surface area contributed by atoms with Gasteiger partial charge in [0.25, 0.3) is 5.91 Å². The number of benzene rings is 1. The highest BCUT2D eigenvalue weighted by molar-refractivity contribution is 6.42. The van der Waals surface area contributed by atoms with Crippen LogP contribution >= 0.6 is 23.2 Å². The average molecular weight is 379 g/mol. The van der Waals surface area contributed by atoms with Crippen LogP contribution in [-0.2, 0) is 6.54 Å². The predicted molar refractivity (Wildman–Crippen MR) is 83.4 cm³/mol. The van der Waals surface area contributed by atoms with Crippen LogP contribution in [0.25, 0.3) is 0 Å². The Bertz CT molecular complexity index is 739. The van der Waals surface area contributed by atoms with E-state index >= 15 is 0 Å². The van der Waals surface area contributed by atoms with Gasteiger partial charge in [0.05, 0.1) is 10.0 Å². The van der Waals surface area contributed by atoms with Gasteiger partial charge in [-0.05, 0) is 24.3 Å². The molecule has 1 aromatic heterocycles. The zero-order valence-corrected chi connectivity index (χ0v) is 13.5. The van der Waals surface area contributed by atoms with E-state index in [1.165, 1.54) is 36.5 Å². The maximum atomic E-state index is 12.2. The van der Waals surface area contributed by atoms with E-state index in [0.717, 1.165) is 0 Å². The Kier molecular flexibility index (Phi) is 5.90. The molecule has 0 bridgehead atoms. The van der Waals surface area contributed by atoms with Gasteiger partial charge in [-0.3, -0.25) is 4.79 Å². The van der Waals surface area contributed by atoms with Crippen LogP contribution in [0.4, 0.5) is 13.2 Å². The minimum absolute atomic E-state index is 0.0554. The summed E-state index contributed by atoms with van der Waals surface area (Å²) in [6, 6.07) is 7.38. The highest BCUT2D eigenvalue weighted by Gasteiger charge is 2.29. The van der Waals surface area contributed by atoms with Crippen molar-refractivity contribution in [3.8, 4) is 5.88 Å². The second-order valence-electron chi connectivity index (χ2n) is 4.68. The minimum Gasteiger partial charge on any atom is -0.468 e. The third-order valence-corrected chi connectivity index (χ3v) is 3.58. The minimum atomic E-state index is -4.47. The van der Waals surface area contributed by atoms with Crippen molar-refractivity contribution in [1.29, 1.82) is 0 Å². The molecule has 24 heavy (non-hydrogen) atoms. The van der Waals surface area contributed by atoms with Crippen molar-refractivity contribution in [2.24, 2.45) is 0 Å². The molecule has 0 unspecified atom stereocenters. The zero-order valence-electron chi connectivity index (χ0n) is 12.0. The largest absolute Gasteiger partial charge is 0.468 e. The number of nitrogens with one attached hydrogen (secondary N) is 1. The number of amides is 1. The van der Waals surface area contributed by atoms with Crippen LogP contribution in [0.1, 0.15) is 15.9 Å². The van der Waals surface area contributed by atoms with Crippen LogP contribution in [0.5, 0.6) is 5.88 Å². The maximum Gasteiger partial charge on any atom is 0.422 e. The monoisotopic (exact) mass is 378 g/mol. The number of nitrogens with zero attached hydrogens (tertiary/aromatic N) is 1. The lowest BCUT2D eigenvalue weighted by Crippen LogP contribution is -2.24. The van der Waals surface area contributed by atoms with E-state index in [4.69, 9.17) is 23.2 Å². The zero-order chi connectivity index (χ0) is 17.7. The Labute approximate surface area is 145 Å². The van der Waals surface area contributed by atoms with E-state index in [-0.39, 0.29) is 23.0 Å². The highest BCUT2D eigenvalue weighted by atomic mass is 35.5. The quantitative estimate of drug-likeness (QED) is 0.845. The Morgan fingerprint density at radius 3 is 2.62 bits per heavy atom. The van der Waals surface area contributed by atoms with Crippen LogP contribution in [0.15, 0.2) is 36.5 Å². The van der Waals surface area contributed by atoms with Gasteiger partial charge >= 0.3 is 6.18 Å². The topological polar surface area (TPSA) is 51.2 Å². The first-order valence-corrected chi connectivity index (χ1v) is 7.38. The summed E-state index contributed by atoms with van der Waals surface area (Å²) in [4.78, 5) is 15.8. The van der Waals surface area contributed by atoms with Crippen molar-refractivity contribution in [2.75, 3.05) is 6.61 Å². The summed E-state index contributed by atoms with van der Waals surface area (Å²) in [5, 5.41) is 3.09. The number of carbonyl (C=O) groups is 1. The summed E-state index contributed by atoms with van der Waals surface area (Å²) in [6.07, 6.45) is -3.17. The van der Waals surface area contributed by atoms with Gasteiger partial charge < -0.3 is 10.1 Å². The van der Waals surface area contributed by atoms with Gasteiger partial charge in [-0.1, -0.05) is 29.3 Å². The number of hydrogen-bond acceptors (Lipinski definition) is 3. The highest BCUT2D eigenvalue weighted by Crippen LogP contribution is 2.23. The molecule has 0 atom stereocenters. The molecule has 0 aliphatic heterocycles. The first-order chi connectivity index (χ1) is 11.3. The lowest BCUT2D eigenvalue weighted by molar-refractivity contribution is -0.154. The van der Waals surface area contributed by atoms with Crippen molar-refractivity contribution in [3.63, 3.8) is 0 Å². The first-order valence-electron chi connectivity index (χ1n) is 6.63. The van der Waals surface area contributed by atoms with Crippen molar-refractivity contribution in [2.45, 2.75) is 12.7 Å². The molecule has 0 radical (unpaired) electrons. The molecule has 0 aliphatic carbocycles. The van der Waals surface area contributed by atoms with E-state index in [2.05, 4.69) is 15.0 Å². The van der Waals surface area contributed by atoms with E-state index in [0.29, 0.717) is 10.6 Å². The van der Waals surface area contributed by atoms with Crippen LogP contribution in [0.2, 0.25) is 10.0 Å². The second kappa shape index (κ2) is 7.72. The Balaban J connectivity index is 2.03. The molecule has 1 aromatic carbocycles. The van der Waals surface area contributed by atoms with E-state index < -0.39 is 18.7 Å². The molecule has 0 saturated heterocycles. The lowest BCUT2D eigenvalue weighted by atomic mass is 10.2. The molecule has 0 fully saturated rings. The summed E-state index contributed by atoms with van der Waals surface area (Å²) in [6.45, 7) is -1.52. The molecule has 0 aliphatic rings. The molecule has 128 valence electrons. The number of aromatic nitrogens is 1. The van der Waals surface area contributed by atoms with E-state index in [1.54, 1.807) is 0 Å². The van der Waals surface area contributed by atoms with Crippen LogP contribution in [-0.4, -0.2) is 23.7 Å². The fraction of sp³-hybridized carbons (Fsp3) is 0.200. The molecule has 1 heterocycles. The van der Waals surface area contributed by atoms with Crippen molar-refractivity contribution in [1.82, 2.24) is 10.3 Å². The summed E-state index contributed by atoms with van der Waals surface area (Å²) >= 11 is 11.6. The standard InChI is InChI=1S/C15H11Cl2F3N2O2/c16-11-4-3-9(6-12(11)17)13(23)22-7-10-2-1-5-21-14(10)24-8-15(18,19)20/h1-6H,7-8H2,(H,22,23). The summed E-state index contributed by atoms with van der Waals surface area (Å²) in [5.74, 6) is -0.650. The molecule has 0 spiro atoms. The molecule has 4 nitrogen and oxygen atoms in total. The molecular weight excluding hydrogens is 368 g/mol. The number of rotatable bonds is 5. The number of halogens is 5. The number of pyridine rings is 1. The lowest BCUT2D eigenvalue weighted by Gasteiger charge is -2.12. The maximum absolute atomic E-state index is 12.2. The van der Waals surface area contributed by atoms with Gasteiger partial charge in [0.2, 0.25) is 5.88 Å². The predicted octanol–water partition coefficient (Wildman–Crippen LogP) is 4.26. The first kappa shape index (κ1) is 18.4. The summed E-state index contributed by atoms with van der Waals surface area (Å²) in [5.41, 5.74) is 0.584. The number of carbonyl (C=O) groups excluding carboxylic acids is 1. The average Bonchev–Trinajstić information content (AvgIpc) is 2.53. The smallest absolute Gasteiger partial charge is 0.422 e. The van der Waals surface area contributed by atoms with Crippen molar-refractivity contribution in [3.05, 3.63) is 57.7 Å². The van der Waals surface area contributed by atoms with E-state index in [9.17, 15) is 18.0 Å². The van der Waals surface area contributed by atoms with Gasteiger partial charge in [-0.25, -0.2) is 4.98 Å². The van der Waals surface area contributed by atoms with Crippen molar-refractivity contribution >= 4 is 29.1 Å². The van der Waals surface area contributed by atoms with Crippen LogP contribution in [0, 0.1) is 0 Å². The molecule has 9 heteroatoms. The van der Waals surface area contributed by atoms with Crippen molar-refractivity contribution < 1.29 is 22.7 Å². The molecule has 1 N–H and O–H groups in total. The molecular formula is C15H11Cl2F3N2O2. The van der Waals surface area contributed by atoms with Gasteiger partial charge in [0.1, 0.15) is 0 Å². The number of ether oxygens (including phenoxy) is 1. The molecule has 2 aromatic rings. The normalized spacial score (nSPS) is 11.2. The van der Waals surface area contributed by atoms with Crippen LogP contribution < -0.4 is 10.1 Å². The van der Waals surface area contributed by atoms with Gasteiger partial charge in [-0.15, -0.1) is 0 Å². The Hall–Kier alpha value is -1.99. The third kappa shape index (κ3) is 5.28. The Morgan fingerprint density at radius 1 is 1.21 bits per heavy atom. The Morgan fingerprint density at radius 2 is 1.96 bits per heavy atom.